The van der Waals surface area contributed by atoms with E-state index < -0.39 is 0 Å². The predicted octanol–water partition coefficient (Wildman–Crippen LogP) is 2.99. The predicted molar refractivity (Wildman–Crippen MR) is 89.6 cm³/mol. The van der Waals surface area contributed by atoms with Crippen molar-refractivity contribution >= 4 is 5.91 Å². The van der Waals surface area contributed by atoms with Crippen LogP contribution in [0.4, 0.5) is 0 Å². The molecule has 0 fully saturated rings. The lowest BCUT2D eigenvalue weighted by molar-refractivity contribution is 0.0722. The molecule has 122 valence electrons. The average Bonchev–Trinajstić information content (AvgIpc) is 3.29. The number of aromatic nitrogens is 2. The van der Waals surface area contributed by atoms with Crippen molar-refractivity contribution in [3.8, 4) is 0 Å². The van der Waals surface area contributed by atoms with E-state index in [0.717, 1.165) is 36.6 Å². The highest BCUT2D eigenvalue weighted by molar-refractivity contribution is 5.92. The zero-order valence-electron chi connectivity index (χ0n) is 13.4. The van der Waals surface area contributed by atoms with Crippen LogP contribution in [0.2, 0.25) is 0 Å². The molecule has 1 amide bonds. The fraction of sp³-hybridized carbons (Fsp3) is 0.263. The van der Waals surface area contributed by atoms with Gasteiger partial charge in [0.05, 0.1) is 6.54 Å². The maximum atomic E-state index is 12.4. The smallest absolute Gasteiger partial charge is 0.270 e. The zero-order chi connectivity index (χ0) is 16.4. The summed E-state index contributed by atoms with van der Waals surface area (Å²) in [5.74, 6) is 1.70. The Bertz CT molecular complexity index is 822. The van der Waals surface area contributed by atoms with Crippen molar-refractivity contribution in [2.24, 2.45) is 0 Å². The number of oxazole rings is 1. The summed E-state index contributed by atoms with van der Waals surface area (Å²) < 4.78 is 5.89. The highest BCUT2D eigenvalue weighted by Crippen LogP contribution is 2.22. The van der Waals surface area contributed by atoms with Crippen LogP contribution in [0.1, 0.15) is 33.4 Å². The van der Waals surface area contributed by atoms with Gasteiger partial charge >= 0.3 is 0 Å². The highest BCUT2D eigenvalue weighted by Gasteiger charge is 2.26. The van der Waals surface area contributed by atoms with Crippen LogP contribution in [0.15, 0.2) is 53.1 Å². The Morgan fingerprint density at radius 1 is 1.17 bits per heavy atom. The largest absolute Gasteiger partial charge is 0.445 e. The molecule has 1 aliphatic heterocycles. The summed E-state index contributed by atoms with van der Waals surface area (Å²) in [6, 6.07) is 14.0. The quantitative estimate of drug-likeness (QED) is 0.803. The van der Waals surface area contributed by atoms with E-state index in [-0.39, 0.29) is 5.91 Å². The molecule has 0 saturated carbocycles. The Labute approximate surface area is 140 Å². The monoisotopic (exact) mass is 321 g/mol. The van der Waals surface area contributed by atoms with E-state index in [2.05, 4.69) is 22.1 Å². The molecule has 0 unspecified atom stereocenters. The maximum absolute atomic E-state index is 12.4. The van der Waals surface area contributed by atoms with Gasteiger partial charge in [0.25, 0.3) is 5.91 Å². The molecular weight excluding hydrogens is 302 g/mol. The van der Waals surface area contributed by atoms with Gasteiger partial charge in [0.15, 0.2) is 5.89 Å². The molecule has 3 heterocycles. The molecule has 0 radical (unpaired) electrons. The fourth-order valence-corrected chi connectivity index (χ4v) is 3.06. The van der Waals surface area contributed by atoms with Gasteiger partial charge in [-0.25, -0.2) is 4.98 Å². The van der Waals surface area contributed by atoms with Crippen LogP contribution in [0.3, 0.4) is 0 Å². The minimum Gasteiger partial charge on any atom is -0.445 e. The van der Waals surface area contributed by atoms with Gasteiger partial charge in [-0.1, -0.05) is 30.3 Å². The number of hydrogen-bond donors (Lipinski definition) is 1. The van der Waals surface area contributed by atoms with Crippen molar-refractivity contribution in [1.29, 1.82) is 0 Å². The summed E-state index contributed by atoms with van der Waals surface area (Å²) in [7, 11) is 0. The van der Waals surface area contributed by atoms with E-state index in [9.17, 15) is 4.79 Å². The molecule has 0 atom stereocenters. The van der Waals surface area contributed by atoms with Crippen LogP contribution in [0.5, 0.6) is 0 Å². The molecular formula is C19H19N3O2. The van der Waals surface area contributed by atoms with Crippen molar-refractivity contribution in [3.63, 3.8) is 0 Å². The number of fused-ring (bicyclic) bond motifs is 1. The third kappa shape index (κ3) is 2.97. The molecule has 24 heavy (non-hydrogen) atoms. The number of carbonyl (C=O) groups is 1. The third-order valence-electron chi connectivity index (χ3n) is 4.36. The third-order valence-corrected chi connectivity index (χ3v) is 4.36. The van der Waals surface area contributed by atoms with E-state index in [1.165, 1.54) is 5.56 Å². The van der Waals surface area contributed by atoms with Gasteiger partial charge in [0.1, 0.15) is 17.1 Å². The number of nitrogens with one attached hydrogen (secondary N) is 1. The first-order valence-electron chi connectivity index (χ1n) is 8.23. The van der Waals surface area contributed by atoms with E-state index in [1.54, 1.807) is 12.3 Å². The second kappa shape index (κ2) is 6.35. The molecule has 1 N–H and O–H groups in total. The maximum Gasteiger partial charge on any atom is 0.270 e. The van der Waals surface area contributed by atoms with E-state index in [4.69, 9.17) is 4.42 Å². The number of H-pyrrole nitrogens is 1. The Kier molecular flexibility index (Phi) is 3.91. The number of aryl methyl sites for hydroxylation is 2. The summed E-state index contributed by atoms with van der Waals surface area (Å²) in [6.45, 7) is 1.18. The number of carbonyl (C=O) groups excluding carboxylic acids is 1. The summed E-state index contributed by atoms with van der Waals surface area (Å²) in [5.41, 5.74) is 2.78. The molecule has 5 nitrogen and oxygen atoms in total. The molecule has 0 aliphatic carbocycles. The Morgan fingerprint density at radius 2 is 2.04 bits per heavy atom. The van der Waals surface area contributed by atoms with Crippen LogP contribution in [-0.4, -0.2) is 27.3 Å². The standard InChI is InChI=1S/C19H19N3O2/c23-19(15-7-4-11-20-15)22-12-10-17-16(13-22)21-18(24-17)9-8-14-5-2-1-3-6-14/h1-7,11,20H,8-10,12-13H2. The van der Waals surface area contributed by atoms with Crippen molar-refractivity contribution < 1.29 is 9.21 Å². The lowest BCUT2D eigenvalue weighted by Gasteiger charge is -2.24. The second-order valence-electron chi connectivity index (χ2n) is 6.02. The molecule has 4 rings (SSSR count). The number of benzene rings is 1. The molecule has 5 heteroatoms. The van der Waals surface area contributed by atoms with Crippen LogP contribution < -0.4 is 0 Å². The molecule has 3 aromatic rings. The topological polar surface area (TPSA) is 62.1 Å². The number of aromatic amines is 1. The van der Waals surface area contributed by atoms with Crippen molar-refractivity contribution in [2.45, 2.75) is 25.8 Å². The number of hydrogen-bond acceptors (Lipinski definition) is 3. The number of nitrogens with zero attached hydrogens (tertiary/aromatic N) is 2. The first kappa shape index (κ1) is 14.8. The number of rotatable bonds is 4. The number of amides is 1. The summed E-state index contributed by atoms with van der Waals surface area (Å²) >= 11 is 0. The van der Waals surface area contributed by atoms with Gasteiger partial charge in [-0.15, -0.1) is 0 Å². The second-order valence-corrected chi connectivity index (χ2v) is 6.02. The molecule has 1 aliphatic rings. The first-order chi connectivity index (χ1) is 11.8. The van der Waals surface area contributed by atoms with Gasteiger partial charge in [-0.3, -0.25) is 4.79 Å². The average molecular weight is 321 g/mol. The van der Waals surface area contributed by atoms with Gasteiger partial charge in [0, 0.05) is 25.6 Å². The van der Waals surface area contributed by atoms with Gasteiger partial charge in [-0.2, -0.15) is 0 Å². The first-order valence-corrected chi connectivity index (χ1v) is 8.23. The molecule has 1 aromatic carbocycles. The van der Waals surface area contributed by atoms with Crippen molar-refractivity contribution in [3.05, 3.63) is 77.3 Å². The highest BCUT2D eigenvalue weighted by atomic mass is 16.4. The SMILES string of the molecule is O=C(c1ccc[nH]1)N1CCc2oc(CCc3ccccc3)nc2C1. The molecule has 0 spiro atoms. The minimum absolute atomic E-state index is 0.0134. The lowest BCUT2D eigenvalue weighted by Crippen LogP contribution is -2.36. The summed E-state index contributed by atoms with van der Waals surface area (Å²) in [5, 5.41) is 0. The summed E-state index contributed by atoms with van der Waals surface area (Å²) in [4.78, 5) is 21.8. The molecule has 0 saturated heterocycles. The normalized spacial score (nSPS) is 13.8. The molecule has 2 aromatic heterocycles. The van der Waals surface area contributed by atoms with E-state index in [0.29, 0.717) is 18.8 Å². The zero-order valence-corrected chi connectivity index (χ0v) is 13.4. The van der Waals surface area contributed by atoms with Gasteiger partial charge in [-0.05, 0) is 24.1 Å². The Hall–Kier alpha value is -2.82. The van der Waals surface area contributed by atoms with E-state index in [1.807, 2.05) is 29.2 Å². The fourth-order valence-electron chi connectivity index (χ4n) is 3.06. The Balaban J connectivity index is 1.43. The Morgan fingerprint density at radius 3 is 2.83 bits per heavy atom. The minimum atomic E-state index is 0.0134. The summed E-state index contributed by atoms with van der Waals surface area (Å²) in [6.07, 6.45) is 4.17. The van der Waals surface area contributed by atoms with Crippen LogP contribution in [0.25, 0.3) is 0 Å². The van der Waals surface area contributed by atoms with Crippen molar-refractivity contribution in [1.82, 2.24) is 14.9 Å². The molecule has 0 bridgehead atoms. The van der Waals surface area contributed by atoms with E-state index >= 15 is 0 Å². The van der Waals surface area contributed by atoms with Crippen LogP contribution in [0, 0.1) is 0 Å². The van der Waals surface area contributed by atoms with Gasteiger partial charge in [0.2, 0.25) is 0 Å². The van der Waals surface area contributed by atoms with Crippen LogP contribution in [-0.2, 0) is 25.8 Å². The lowest BCUT2D eigenvalue weighted by atomic mass is 10.1. The van der Waals surface area contributed by atoms with Gasteiger partial charge < -0.3 is 14.3 Å². The van der Waals surface area contributed by atoms with Crippen molar-refractivity contribution in [2.75, 3.05) is 6.54 Å². The van der Waals surface area contributed by atoms with Crippen LogP contribution >= 0.6 is 0 Å².